The van der Waals surface area contributed by atoms with Gasteiger partial charge < -0.3 is 5.32 Å². The number of aromatic nitrogens is 1. The van der Waals surface area contributed by atoms with Crippen LogP contribution in [-0.2, 0) is 16.3 Å². The van der Waals surface area contributed by atoms with Gasteiger partial charge in [-0.05, 0) is 30.2 Å². The van der Waals surface area contributed by atoms with Crippen LogP contribution in [0.4, 0.5) is 0 Å². The molecule has 1 atom stereocenters. The molecule has 112 valence electrons. The highest BCUT2D eigenvalue weighted by Crippen LogP contribution is 2.33. The zero-order valence-corrected chi connectivity index (χ0v) is 13.6. The Morgan fingerprint density at radius 3 is 3.05 bits per heavy atom. The summed E-state index contributed by atoms with van der Waals surface area (Å²) in [5.74, 6) is 0.177. The Labute approximate surface area is 133 Å². The topological polar surface area (TPSA) is 59.1 Å². The summed E-state index contributed by atoms with van der Waals surface area (Å²) in [5.41, 5.74) is 3.66. The maximum atomic E-state index is 12.1. The first-order valence-electron chi connectivity index (χ1n) is 6.69. The summed E-state index contributed by atoms with van der Waals surface area (Å²) in [6.45, 7) is 0.764. The highest BCUT2D eigenvalue weighted by Gasteiger charge is 2.30. The number of benzene rings is 1. The molecule has 0 aliphatic carbocycles. The second-order valence-electron chi connectivity index (χ2n) is 5.03. The molecule has 2 aromatic rings. The van der Waals surface area contributed by atoms with E-state index in [0.29, 0.717) is 16.3 Å². The molecule has 0 fully saturated rings. The Balaban J connectivity index is 1.76. The highest BCUT2D eigenvalue weighted by atomic mass is 35.5. The molecule has 0 saturated carbocycles. The third-order valence-electron chi connectivity index (χ3n) is 3.61. The second-order valence-corrected chi connectivity index (χ2v) is 8.26. The maximum absolute atomic E-state index is 12.1. The molecule has 2 heterocycles. The fourth-order valence-corrected chi connectivity index (χ4v) is 4.94. The third-order valence-corrected chi connectivity index (χ3v) is 6.30. The molecule has 0 saturated heterocycles. The number of nitrogens with one attached hydrogen (secondary N) is 1. The Morgan fingerprint density at radius 1 is 1.43 bits per heavy atom. The molecule has 3 rings (SSSR count). The van der Waals surface area contributed by atoms with Gasteiger partial charge in [-0.3, -0.25) is 0 Å². The molecule has 4 nitrogen and oxygen atoms in total. The Morgan fingerprint density at radius 2 is 2.29 bits per heavy atom. The average Bonchev–Trinajstić information content (AvgIpc) is 2.94. The van der Waals surface area contributed by atoms with Gasteiger partial charge in [0.2, 0.25) is 0 Å². The fourth-order valence-electron chi connectivity index (χ4n) is 2.56. The number of hydrogen-bond acceptors (Lipinski definition) is 5. The number of fused-ring (bicyclic) bond motifs is 1. The molecular formula is C14H15ClN2O2S2. The van der Waals surface area contributed by atoms with Crippen LogP contribution in [0.1, 0.15) is 23.7 Å². The van der Waals surface area contributed by atoms with Crippen molar-refractivity contribution in [3.63, 3.8) is 0 Å². The van der Waals surface area contributed by atoms with Gasteiger partial charge in [-0.2, -0.15) is 0 Å². The van der Waals surface area contributed by atoms with Crippen molar-refractivity contribution in [1.82, 2.24) is 10.3 Å². The molecule has 21 heavy (non-hydrogen) atoms. The van der Waals surface area contributed by atoms with Crippen molar-refractivity contribution in [2.24, 2.45) is 0 Å². The van der Waals surface area contributed by atoms with E-state index in [1.165, 1.54) is 0 Å². The van der Waals surface area contributed by atoms with Crippen LogP contribution in [0.25, 0.3) is 0 Å². The summed E-state index contributed by atoms with van der Waals surface area (Å²) in [6, 6.07) is 5.03. The van der Waals surface area contributed by atoms with E-state index in [2.05, 4.69) is 10.3 Å². The smallest absolute Gasteiger partial charge is 0.178 e. The predicted octanol–water partition coefficient (Wildman–Crippen LogP) is 2.85. The van der Waals surface area contributed by atoms with Crippen molar-refractivity contribution < 1.29 is 8.42 Å². The normalized spacial score (nSPS) is 20.1. The summed E-state index contributed by atoms with van der Waals surface area (Å²) in [6.07, 6.45) is 1.41. The lowest BCUT2D eigenvalue weighted by atomic mass is 10.0. The number of nitrogens with zero attached hydrogens (tertiary/aromatic N) is 1. The Bertz CT molecular complexity index is 729. The van der Waals surface area contributed by atoms with Crippen molar-refractivity contribution in [2.45, 2.75) is 23.8 Å². The van der Waals surface area contributed by atoms with Gasteiger partial charge in [0.05, 0.1) is 21.9 Å². The van der Waals surface area contributed by atoms with E-state index in [4.69, 9.17) is 11.6 Å². The second kappa shape index (κ2) is 6.04. The first-order chi connectivity index (χ1) is 10.1. The van der Waals surface area contributed by atoms with Crippen LogP contribution in [0, 0.1) is 0 Å². The first kappa shape index (κ1) is 15.0. The zero-order valence-electron chi connectivity index (χ0n) is 11.3. The fraction of sp³-hybridized carbons (Fsp3) is 0.357. The quantitative estimate of drug-likeness (QED) is 0.928. The highest BCUT2D eigenvalue weighted by molar-refractivity contribution is 7.91. The molecule has 0 spiro atoms. The van der Waals surface area contributed by atoms with Crippen molar-refractivity contribution in [1.29, 1.82) is 0 Å². The number of rotatable bonds is 4. The molecular weight excluding hydrogens is 328 g/mol. The van der Waals surface area contributed by atoms with Crippen LogP contribution in [-0.4, -0.2) is 25.7 Å². The molecule has 0 bridgehead atoms. The van der Waals surface area contributed by atoms with Gasteiger partial charge in [0.15, 0.2) is 9.84 Å². The van der Waals surface area contributed by atoms with Crippen molar-refractivity contribution >= 4 is 32.8 Å². The van der Waals surface area contributed by atoms with Crippen LogP contribution in [0.5, 0.6) is 0 Å². The zero-order chi connectivity index (χ0) is 14.9. The third kappa shape index (κ3) is 3.29. The van der Waals surface area contributed by atoms with Crippen LogP contribution >= 0.6 is 22.9 Å². The molecule has 7 heteroatoms. The van der Waals surface area contributed by atoms with Gasteiger partial charge in [0.1, 0.15) is 0 Å². The molecule has 0 radical (unpaired) electrons. The van der Waals surface area contributed by atoms with Crippen molar-refractivity contribution in [3.05, 3.63) is 45.4 Å². The number of sulfone groups is 1. The summed E-state index contributed by atoms with van der Waals surface area (Å²) < 4.78 is 24.2. The summed E-state index contributed by atoms with van der Waals surface area (Å²) >= 11 is 7.60. The Hall–Kier alpha value is -0.950. The van der Waals surface area contributed by atoms with Gasteiger partial charge in [-0.15, -0.1) is 11.3 Å². The minimum atomic E-state index is -3.17. The summed E-state index contributed by atoms with van der Waals surface area (Å²) in [7, 11) is -3.17. The molecule has 0 amide bonds. The van der Waals surface area contributed by atoms with E-state index in [1.54, 1.807) is 29.5 Å². The predicted molar refractivity (Wildman–Crippen MR) is 84.7 cm³/mol. The maximum Gasteiger partial charge on any atom is 0.178 e. The van der Waals surface area contributed by atoms with Gasteiger partial charge in [-0.1, -0.05) is 11.6 Å². The molecule has 1 aliphatic rings. The van der Waals surface area contributed by atoms with Crippen LogP contribution < -0.4 is 5.32 Å². The monoisotopic (exact) mass is 342 g/mol. The minimum Gasteiger partial charge on any atom is -0.309 e. The van der Waals surface area contributed by atoms with E-state index in [1.807, 2.05) is 10.9 Å². The molecule has 1 N–H and O–H groups in total. The first-order valence-corrected chi connectivity index (χ1v) is 9.66. The van der Waals surface area contributed by atoms with Gasteiger partial charge in [0.25, 0.3) is 0 Å². The molecule has 0 unspecified atom stereocenters. The van der Waals surface area contributed by atoms with Gasteiger partial charge in [-0.25, -0.2) is 13.4 Å². The minimum absolute atomic E-state index is 0.0286. The lowest BCUT2D eigenvalue weighted by molar-refractivity contribution is 0.494. The van der Waals surface area contributed by atoms with Crippen LogP contribution in [0.3, 0.4) is 0 Å². The number of halogens is 1. The SMILES string of the molecule is O=S1(=O)CC[C@H](NCCc2cscn2)c2cc(Cl)ccc21. The molecule has 1 aromatic carbocycles. The lowest BCUT2D eigenvalue weighted by Crippen LogP contribution is -2.31. The Kier molecular flexibility index (Phi) is 4.31. The summed E-state index contributed by atoms with van der Waals surface area (Å²) in [5, 5.41) is 6.02. The van der Waals surface area contributed by atoms with E-state index >= 15 is 0 Å². The summed E-state index contributed by atoms with van der Waals surface area (Å²) in [4.78, 5) is 4.65. The van der Waals surface area contributed by atoms with Crippen molar-refractivity contribution in [3.8, 4) is 0 Å². The van der Waals surface area contributed by atoms with Gasteiger partial charge >= 0.3 is 0 Å². The van der Waals surface area contributed by atoms with E-state index in [-0.39, 0.29) is 11.8 Å². The van der Waals surface area contributed by atoms with Gasteiger partial charge in [0, 0.05) is 29.4 Å². The molecule has 1 aliphatic heterocycles. The van der Waals surface area contributed by atoms with Crippen molar-refractivity contribution in [2.75, 3.05) is 12.3 Å². The number of hydrogen-bond donors (Lipinski definition) is 1. The van der Waals surface area contributed by atoms with Crippen LogP contribution in [0.2, 0.25) is 5.02 Å². The number of thiazole rings is 1. The van der Waals surface area contributed by atoms with E-state index < -0.39 is 9.84 Å². The molecule has 1 aromatic heterocycles. The van der Waals surface area contributed by atoms with Crippen LogP contribution in [0.15, 0.2) is 34.0 Å². The van der Waals surface area contributed by atoms with E-state index in [9.17, 15) is 8.42 Å². The standard InChI is InChI=1S/C14H15ClN2O2S2/c15-10-1-2-14-12(7-10)13(4-6-21(14,18)19)16-5-3-11-8-20-9-17-11/h1-2,7-9,13,16H,3-6H2/t13-/m0/s1. The average molecular weight is 343 g/mol. The lowest BCUT2D eigenvalue weighted by Gasteiger charge is -2.26. The van der Waals surface area contributed by atoms with E-state index in [0.717, 1.165) is 24.2 Å². The largest absolute Gasteiger partial charge is 0.309 e.